The lowest BCUT2D eigenvalue weighted by Gasteiger charge is -2.14. The number of nitriles is 1. The second kappa shape index (κ2) is 4.21. The minimum atomic E-state index is -0.760. The highest BCUT2D eigenvalue weighted by molar-refractivity contribution is 5.99. The minimum Gasteiger partial charge on any atom is -0.324 e. The average molecular weight is 228 g/mol. The van der Waals surface area contributed by atoms with Crippen molar-refractivity contribution < 1.29 is 4.79 Å². The number of rotatable bonds is 3. The maximum atomic E-state index is 12.0. The van der Waals surface area contributed by atoms with Crippen molar-refractivity contribution in [1.82, 2.24) is 0 Å². The number of hydrogen-bond donors (Lipinski definition) is 1. The van der Waals surface area contributed by atoms with Gasteiger partial charge >= 0.3 is 0 Å². The molecule has 0 radical (unpaired) electrons. The second-order valence-electron chi connectivity index (χ2n) is 4.89. The van der Waals surface area contributed by atoms with Gasteiger partial charge in [-0.15, -0.1) is 0 Å². The third-order valence-electron chi connectivity index (χ3n) is 3.23. The molecule has 1 fully saturated rings. The Kier molecular flexibility index (Phi) is 2.89. The van der Waals surface area contributed by atoms with Gasteiger partial charge in [-0.1, -0.05) is 32.0 Å². The average Bonchev–Trinajstić information content (AvgIpc) is 3.10. The molecule has 0 bridgehead atoms. The molecule has 0 unspecified atom stereocenters. The van der Waals surface area contributed by atoms with Gasteiger partial charge in [-0.2, -0.15) is 5.26 Å². The molecule has 0 atom stereocenters. The Labute approximate surface area is 101 Å². The first-order valence-corrected chi connectivity index (χ1v) is 5.91. The molecule has 1 amide bonds. The van der Waals surface area contributed by atoms with E-state index in [0.717, 1.165) is 11.3 Å². The Morgan fingerprint density at radius 1 is 1.41 bits per heavy atom. The summed E-state index contributed by atoms with van der Waals surface area (Å²) < 4.78 is 0. The number of carbonyl (C=O) groups is 1. The lowest BCUT2D eigenvalue weighted by molar-refractivity contribution is -0.119. The van der Waals surface area contributed by atoms with Crippen LogP contribution in [0.15, 0.2) is 24.3 Å². The van der Waals surface area contributed by atoms with Crippen molar-refractivity contribution in [3.05, 3.63) is 29.8 Å². The number of nitrogens with zero attached hydrogens (tertiary/aromatic N) is 1. The monoisotopic (exact) mass is 228 g/mol. The molecule has 0 spiro atoms. The first-order valence-electron chi connectivity index (χ1n) is 5.91. The van der Waals surface area contributed by atoms with Crippen LogP contribution in [-0.2, 0) is 4.79 Å². The summed E-state index contributed by atoms with van der Waals surface area (Å²) in [6.07, 6.45) is 1.36. The number of hydrogen-bond acceptors (Lipinski definition) is 2. The van der Waals surface area contributed by atoms with Gasteiger partial charge < -0.3 is 5.32 Å². The van der Waals surface area contributed by atoms with Crippen LogP contribution in [0.25, 0.3) is 0 Å². The van der Waals surface area contributed by atoms with E-state index in [1.165, 1.54) is 0 Å². The molecule has 2 rings (SSSR count). The molecule has 1 saturated carbocycles. The summed E-state index contributed by atoms with van der Waals surface area (Å²) in [7, 11) is 0. The minimum absolute atomic E-state index is 0.159. The first-order chi connectivity index (χ1) is 8.09. The van der Waals surface area contributed by atoms with Gasteiger partial charge in [-0.05, 0) is 30.4 Å². The normalized spacial score (nSPS) is 16.4. The smallest absolute Gasteiger partial charge is 0.244 e. The fourth-order valence-corrected chi connectivity index (χ4v) is 1.87. The predicted molar refractivity (Wildman–Crippen MR) is 66.4 cm³/mol. The zero-order valence-corrected chi connectivity index (χ0v) is 10.2. The standard InChI is InChI=1S/C14H16N2O/c1-10(2)11-5-3-4-6-12(11)16-13(17)14(9-15)7-8-14/h3-6,10H,7-8H2,1-2H3,(H,16,17). The van der Waals surface area contributed by atoms with E-state index >= 15 is 0 Å². The van der Waals surface area contributed by atoms with Gasteiger partial charge in [0.15, 0.2) is 0 Å². The zero-order valence-electron chi connectivity index (χ0n) is 10.2. The molecular weight excluding hydrogens is 212 g/mol. The maximum Gasteiger partial charge on any atom is 0.244 e. The van der Waals surface area contributed by atoms with Gasteiger partial charge in [0.25, 0.3) is 0 Å². The summed E-state index contributed by atoms with van der Waals surface area (Å²) >= 11 is 0. The molecule has 1 aromatic carbocycles. The van der Waals surface area contributed by atoms with Crippen molar-refractivity contribution in [2.24, 2.45) is 5.41 Å². The highest BCUT2D eigenvalue weighted by Crippen LogP contribution is 2.46. The summed E-state index contributed by atoms with van der Waals surface area (Å²) in [5.41, 5.74) is 1.17. The van der Waals surface area contributed by atoms with Crippen LogP contribution in [0.3, 0.4) is 0 Å². The Balaban J connectivity index is 2.20. The Bertz CT molecular complexity index is 481. The summed E-state index contributed by atoms with van der Waals surface area (Å²) in [5.74, 6) is 0.192. The van der Waals surface area contributed by atoms with Gasteiger partial charge in [0, 0.05) is 5.69 Å². The van der Waals surface area contributed by atoms with E-state index in [0.29, 0.717) is 18.8 Å². The molecule has 88 valence electrons. The number of amides is 1. The molecule has 1 aliphatic rings. The molecule has 3 nitrogen and oxygen atoms in total. The van der Waals surface area contributed by atoms with Gasteiger partial charge in [0.1, 0.15) is 5.41 Å². The van der Waals surface area contributed by atoms with E-state index in [4.69, 9.17) is 5.26 Å². The summed E-state index contributed by atoms with van der Waals surface area (Å²) in [5, 5.41) is 11.9. The van der Waals surface area contributed by atoms with Crippen LogP contribution >= 0.6 is 0 Å². The molecule has 1 aromatic rings. The predicted octanol–water partition coefficient (Wildman–Crippen LogP) is 3.05. The molecule has 0 saturated heterocycles. The molecule has 0 aromatic heterocycles. The number of benzene rings is 1. The molecule has 1 N–H and O–H groups in total. The van der Waals surface area contributed by atoms with Crippen LogP contribution < -0.4 is 5.32 Å². The molecular formula is C14H16N2O. The summed E-state index contributed by atoms with van der Waals surface area (Å²) in [4.78, 5) is 12.0. The molecule has 0 aliphatic heterocycles. The largest absolute Gasteiger partial charge is 0.324 e. The second-order valence-corrected chi connectivity index (χ2v) is 4.89. The maximum absolute atomic E-state index is 12.0. The Hall–Kier alpha value is -1.82. The van der Waals surface area contributed by atoms with Crippen LogP contribution in [0.1, 0.15) is 38.2 Å². The van der Waals surface area contributed by atoms with E-state index in [1.54, 1.807) is 0 Å². The first kappa shape index (κ1) is 11.7. The topological polar surface area (TPSA) is 52.9 Å². The fraction of sp³-hybridized carbons (Fsp3) is 0.429. The Morgan fingerprint density at radius 2 is 2.06 bits per heavy atom. The van der Waals surface area contributed by atoms with Crippen molar-refractivity contribution in [2.75, 3.05) is 5.32 Å². The van der Waals surface area contributed by atoms with Crippen LogP contribution in [0.5, 0.6) is 0 Å². The fourth-order valence-electron chi connectivity index (χ4n) is 1.87. The SMILES string of the molecule is CC(C)c1ccccc1NC(=O)C1(C#N)CC1. The zero-order chi connectivity index (χ0) is 12.5. The van der Waals surface area contributed by atoms with E-state index in [1.807, 2.05) is 24.3 Å². The van der Waals surface area contributed by atoms with Crippen LogP contribution in [0.2, 0.25) is 0 Å². The van der Waals surface area contributed by atoms with Gasteiger partial charge in [-0.3, -0.25) is 4.79 Å². The highest BCUT2D eigenvalue weighted by atomic mass is 16.2. The van der Waals surface area contributed by atoms with Crippen molar-refractivity contribution in [2.45, 2.75) is 32.6 Å². The summed E-state index contributed by atoms with van der Waals surface area (Å²) in [6, 6.07) is 9.86. The van der Waals surface area contributed by atoms with E-state index < -0.39 is 5.41 Å². The number of anilines is 1. The third-order valence-corrected chi connectivity index (χ3v) is 3.23. The van der Waals surface area contributed by atoms with E-state index in [2.05, 4.69) is 25.2 Å². The third kappa shape index (κ3) is 2.16. The highest BCUT2D eigenvalue weighted by Gasteiger charge is 2.50. The van der Waals surface area contributed by atoms with E-state index in [9.17, 15) is 4.79 Å². The van der Waals surface area contributed by atoms with Crippen LogP contribution in [0.4, 0.5) is 5.69 Å². The van der Waals surface area contributed by atoms with Gasteiger partial charge in [-0.25, -0.2) is 0 Å². The quantitative estimate of drug-likeness (QED) is 0.864. The van der Waals surface area contributed by atoms with Gasteiger partial charge in [0.2, 0.25) is 5.91 Å². The van der Waals surface area contributed by atoms with Gasteiger partial charge in [0.05, 0.1) is 6.07 Å². The van der Waals surface area contributed by atoms with E-state index in [-0.39, 0.29) is 5.91 Å². The lowest BCUT2D eigenvalue weighted by Crippen LogP contribution is -2.23. The molecule has 17 heavy (non-hydrogen) atoms. The molecule has 3 heteroatoms. The lowest BCUT2D eigenvalue weighted by atomic mass is 10.0. The Morgan fingerprint density at radius 3 is 2.59 bits per heavy atom. The van der Waals surface area contributed by atoms with Crippen molar-refractivity contribution >= 4 is 11.6 Å². The molecule has 1 aliphatic carbocycles. The van der Waals surface area contributed by atoms with Crippen LogP contribution in [-0.4, -0.2) is 5.91 Å². The number of carbonyl (C=O) groups excluding carboxylic acids is 1. The van der Waals surface area contributed by atoms with Crippen molar-refractivity contribution in [1.29, 1.82) is 5.26 Å². The van der Waals surface area contributed by atoms with Crippen LogP contribution in [0, 0.1) is 16.7 Å². The summed E-state index contributed by atoms with van der Waals surface area (Å²) in [6.45, 7) is 4.17. The molecule has 0 heterocycles. The number of nitrogens with one attached hydrogen (secondary N) is 1. The van der Waals surface area contributed by atoms with Crippen molar-refractivity contribution in [3.8, 4) is 6.07 Å². The number of para-hydroxylation sites is 1. The van der Waals surface area contributed by atoms with Crippen molar-refractivity contribution in [3.63, 3.8) is 0 Å².